The molecule has 0 aromatic heterocycles. The first kappa shape index (κ1) is 22.0. The highest BCUT2D eigenvalue weighted by Gasteiger charge is 2.78. The minimum Gasteiger partial charge on any atom is -0.324 e. The third-order valence-corrected chi connectivity index (χ3v) is 9.73. The molecule has 0 bridgehead atoms. The molecule has 0 radical (unpaired) electrons. The quantitative estimate of drug-likeness (QED) is 0.380. The number of fused-ring (bicyclic) bond motifs is 6. The van der Waals surface area contributed by atoms with Crippen LogP contribution in [0, 0.1) is 15.5 Å². The number of amides is 1. The van der Waals surface area contributed by atoms with Crippen molar-refractivity contribution in [2.24, 2.45) is 5.41 Å². The summed E-state index contributed by atoms with van der Waals surface area (Å²) in [4.78, 5) is 42.0. The third kappa shape index (κ3) is 2.49. The molecule has 0 unspecified atom stereocenters. The van der Waals surface area contributed by atoms with Gasteiger partial charge in [0, 0.05) is 57.6 Å². The Morgan fingerprint density at radius 3 is 2.61 bits per heavy atom. The molecule has 36 heavy (non-hydrogen) atoms. The van der Waals surface area contributed by atoms with Gasteiger partial charge in [0.05, 0.1) is 10.3 Å². The Bertz CT molecular complexity index is 1490. The maximum atomic E-state index is 14.7. The summed E-state index contributed by atoms with van der Waals surface area (Å²) in [6, 6.07) is 19.4. The van der Waals surface area contributed by atoms with Crippen molar-refractivity contribution in [3.63, 3.8) is 0 Å². The standard InChI is InChI=1S/C27H20ClN3O4S/c28-17-7-10-21-20(11-17)27(25(33)29-21)26(12-16-3-1-2-4-19(16)24(26)32)23(22-13-36-14-30(22)27)15-5-8-18(9-6-15)31(34)35/h1-11,22-23H,12-14H2,(H,29,33)/t22-,23-,26-,27-/m0/s1. The minimum atomic E-state index is -1.25. The lowest BCUT2D eigenvalue weighted by atomic mass is 9.58. The Kier molecular flexibility index (Phi) is 4.54. The average Bonchev–Trinajstić information content (AvgIpc) is 3.58. The molecule has 4 atom stereocenters. The Hall–Kier alpha value is -3.20. The van der Waals surface area contributed by atoms with Crippen molar-refractivity contribution in [2.45, 2.75) is 23.9 Å². The largest absolute Gasteiger partial charge is 0.324 e. The molecule has 3 aromatic carbocycles. The molecule has 180 valence electrons. The molecule has 2 saturated heterocycles. The lowest BCUT2D eigenvalue weighted by molar-refractivity contribution is -0.384. The molecule has 3 heterocycles. The summed E-state index contributed by atoms with van der Waals surface area (Å²) in [5, 5.41) is 14.9. The number of carbonyl (C=O) groups excluding carboxylic acids is 2. The third-order valence-electron chi connectivity index (χ3n) is 8.46. The van der Waals surface area contributed by atoms with Crippen LogP contribution in [0.15, 0.2) is 66.7 Å². The number of carbonyl (C=O) groups is 2. The molecule has 0 saturated carbocycles. The van der Waals surface area contributed by atoms with E-state index in [2.05, 4.69) is 10.2 Å². The van der Waals surface area contributed by atoms with Gasteiger partial charge in [-0.3, -0.25) is 24.6 Å². The monoisotopic (exact) mass is 517 g/mol. The normalized spacial score (nSPS) is 30.0. The second kappa shape index (κ2) is 7.41. The minimum absolute atomic E-state index is 0.00469. The number of halogens is 1. The predicted molar refractivity (Wildman–Crippen MR) is 137 cm³/mol. The van der Waals surface area contributed by atoms with Gasteiger partial charge in [-0.05, 0) is 35.7 Å². The molecular formula is C27H20ClN3O4S. The van der Waals surface area contributed by atoms with Gasteiger partial charge in [-0.15, -0.1) is 11.8 Å². The van der Waals surface area contributed by atoms with Crippen LogP contribution >= 0.6 is 23.4 Å². The highest BCUT2D eigenvalue weighted by Crippen LogP contribution is 2.70. The number of thioether (sulfide) groups is 1. The van der Waals surface area contributed by atoms with Crippen molar-refractivity contribution in [2.75, 3.05) is 16.9 Å². The van der Waals surface area contributed by atoms with Gasteiger partial charge in [-0.1, -0.05) is 48.0 Å². The van der Waals surface area contributed by atoms with Gasteiger partial charge in [0.15, 0.2) is 5.78 Å². The van der Waals surface area contributed by atoms with Crippen molar-refractivity contribution in [1.29, 1.82) is 0 Å². The van der Waals surface area contributed by atoms with Gasteiger partial charge >= 0.3 is 0 Å². The number of nitrogens with zero attached hydrogens (tertiary/aromatic N) is 2. The summed E-state index contributed by atoms with van der Waals surface area (Å²) >= 11 is 8.22. The number of benzene rings is 3. The van der Waals surface area contributed by atoms with Gasteiger partial charge in [0.2, 0.25) is 0 Å². The fourth-order valence-electron chi connectivity index (χ4n) is 7.25. The molecule has 3 aromatic rings. The first-order chi connectivity index (χ1) is 17.4. The fraction of sp³-hybridized carbons (Fsp3) is 0.259. The van der Waals surface area contributed by atoms with E-state index in [-0.39, 0.29) is 29.3 Å². The maximum Gasteiger partial charge on any atom is 0.269 e. The van der Waals surface area contributed by atoms with E-state index in [9.17, 15) is 19.7 Å². The smallest absolute Gasteiger partial charge is 0.269 e. The fourth-order valence-corrected chi connectivity index (χ4v) is 8.72. The zero-order chi connectivity index (χ0) is 24.8. The van der Waals surface area contributed by atoms with Crippen LogP contribution < -0.4 is 5.32 Å². The van der Waals surface area contributed by atoms with Gasteiger partial charge in [-0.2, -0.15) is 0 Å². The molecule has 7 rings (SSSR count). The molecule has 1 N–H and O–H groups in total. The van der Waals surface area contributed by atoms with Crippen molar-refractivity contribution in [3.05, 3.63) is 104 Å². The highest BCUT2D eigenvalue weighted by molar-refractivity contribution is 7.99. The highest BCUT2D eigenvalue weighted by atomic mass is 35.5. The first-order valence-electron chi connectivity index (χ1n) is 11.7. The number of anilines is 1. The van der Waals surface area contributed by atoms with E-state index in [0.717, 1.165) is 22.4 Å². The molecule has 1 amide bonds. The van der Waals surface area contributed by atoms with Gasteiger partial charge < -0.3 is 5.32 Å². The second-order valence-electron chi connectivity index (χ2n) is 9.85. The predicted octanol–water partition coefficient (Wildman–Crippen LogP) is 4.99. The number of non-ortho nitro benzene ring substituents is 1. The summed E-state index contributed by atoms with van der Waals surface area (Å²) in [6.45, 7) is 0. The molecular weight excluding hydrogens is 498 g/mol. The SMILES string of the molecule is O=C1Nc2ccc(Cl)cc2[C@]12N1CSC[C@H]1[C@H](c1ccc([N+](=O)[O-])cc1)[C@]21Cc2ccccc2C1=O. The number of nitrogens with one attached hydrogen (secondary N) is 1. The Labute approximate surface area is 216 Å². The number of hydrogen-bond acceptors (Lipinski definition) is 6. The van der Waals surface area contributed by atoms with E-state index in [1.165, 1.54) is 12.1 Å². The van der Waals surface area contributed by atoms with E-state index in [4.69, 9.17) is 11.6 Å². The summed E-state index contributed by atoms with van der Waals surface area (Å²) in [5.74, 6) is 0.738. The van der Waals surface area contributed by atoms with Crippen molar-refractivity contribution >= 4 is 46.4 Å². The molecule has 9 heteroatoms. The number of ketones is 1. The van der Waals surface area contributed by atoms with E-state index >= 15 is 0 Å². The van der Waals surface area contributed by atoms with Crippen LogP contribution in [0.1, 0.15) is 33.0 Å². The van der Waals surface area contributed by atoms with Crippen LogP contribution in [-0.2, 0) is 16.8 Å². The molecule has 7 nitrogen and oxygen atoms in total. The Morgan fingerprint density at radius 2 is 1.86 bits per heavy atom. The number of nitro groups is 1. The van der Waals surface area contributed by atoms with Gasteiger partial charge in [0.25, 0.3) is 11.6 Å². The van der Waals surface area contributed by atoms with Crippen LogP contribution in [-0.4, -0.2) is 39.2 Å². The van der Waals surface area contributed by atoms with E-state index < -0.39 is 15.9 Å². The maximum absolute atomic E-state index is 14.7. The van der Waals surface area contributed by atoms with Crippen molar-refractivity contribution in [3.8, 4) is 0 Å². The zero-order valence-electron chi connectivity index (χ0n) is 18.9. The topological polar surface area (TPSA) is 92.6 Å². The van der Waals surface area contributed by atoms with E-state index in [1.54, 1.807) is 30.0 Å². The van der Waals surface area contributed by atoms with Gasteiger partial charge in [-0.25, -0.2) is 0 Å². The Morgan fingerprint density at radius 1 is 1.08 bits per heavy atom. The average molecular weight is 518 g/mol. The summed E-state index contributed by atoms with van der Waals surface area (Å²) in [6.07, 6.45) is 0.403. The van der Waals surface area contributed by atoms with Crippen LogP contribution in [0.5, 0.6) is 0 Å². The Balaban J connectivity index is 1.55. The van der Waals surface area contributed by atoms with Crippen LogP contribution in [0.3, 0.4) is 0 Å². The summed E-state index contributed by atoms with van der Waals surface area (Å²) in [7, 11) is 0. The van der Waals surface area contributed by atoms with Crippen molar-refractivity contribution < 1.29 is 14.5 Å². The summed E-state index contributed by atoms with van der Waals surface area (Å²) < 4.78 is 0. The van der Waals surface area contributed by atoms with E-state index in [1.807, 2.05) is 36.4 Å². The lowest BCUT2D eigenvalue weighted by Gasteiger charge is -2.44. The van der Waals surface area contributed by atoms with Crippen molar-refractivity contribution in [1.82, 2.24) is 4.90 Å². The number of rotatable bonds is 2. The van der Waals surface area contributed by atoms with Crippen LogP contribution in [0.4, 0.5) is 11.4 Å². The molecule has 2 fully saturated rings. The molecule has 2 spiro atoms. The number of hydrogen-bond donors (Lipinski definition) is 1. The van der Waals surface area contributed by atoms with E-state index in [0.29, 0.717) is 28.6 Å². The second-order valence-corrected chi connectivity index (χ2v) is 11.3. The first-order valence-corrected chi connectivity index (χ1v) is 13.3. The number of Topliss-reactive ketones (excluding diaryl/α,β-unsaturated/α-hetero) is 1. The molecule has 4 aliphatic rings. The van der Waals surface area contributed by atoms with Crippen LogP contribution in [0.2, 0.25) is 5.02 Å². The van der Waals surface area contributed by atoms with Crippen LogP contribution in [0.25, 0.3) is 0 Å². The summed E-state index contributed by atoms with van der Waals surface area (Å²) in [5.41, 5.74) is 1.43. The molecule has 3 aliphatic heterocycles. The number of nitro benzene ring substituents is 1. The molecule has 1 aliphatic carbocycles. The van der Waals surface area contributed by atoms with Gasteiger partial charge in [0.1, 0.15) is 5.54 Å². The zero-order valence-corrected chi connectivity index (χ0v) is 20.5. The lowest BCUT2D eigenvalue weighted by Crippen LogP contribution is -2.58.